The average molecular weight is 394 g/mol. The lowest BCUT2D eigenvalue weighted by atomic mass is 9.99. The number of hydrogen-bond donors (Lipinski definition) is 1. The molecule has 2 aromatic carbocycles. The Balaban J connectivity index is 1.62. The normalized spacial score (nSPS) is 12.0. The van der Waals surface area contributed by atoms with Gasteiger partial charge in [0.05, 0.1) is 11.4 Å². The van der Waals surface area contributed by atoms with Crippen LogP contribution in [0.15, 0.2) is 60.0 Å². The third kappa shape index (κ3) is 4.84. The maximum Gasteiger partial charge on any atom is 0.234 e. The molecule has 0 unspecified atom stereocenters. The molecule has 0 spiro atoms. The second kappa shape index (κ2) is 9.11. The van der Waals surface area contributed by atoms with Crippen molar-refractivity contribution in [3.05, 3.63) is 71.5 Å². The number of imidazole rings is 1. The van der Waals surface area contributed by atoms with Crippen LogP contribution < -0.4 is 5.32 Å². The fraction of sp³-hybridized carbons (Fsp3) is 0.304. The molecular formula is C23H27N3OS. The minimum absolute atomic E-state index is 0.0310. The predicted octanol–water partition coefficient (Wildman–Crippen LogP) is 5.73. The van der Waals surface area contributed by atoms with Crippen molar-refractivity contribution in [3.63, 3.8) is 0 Å². The first-order valence-electron chi connectivity index (χ1n) is 9.61. The Kier molecular flexibility index (Phi) is 6.57. The first-order chi connectivity index (χ1) is 13.5. The minimum atomic E-state index is -0.0310. The quantitative estimate of drug-likeness (QED) is 0.521. The molecule has 1 atom stereocenters. The molecule has 28 heavy (non-hydrogen) atoms. The molecule has 0 saturated heterocycles. The maximum atomic E-state index is 12.4. The Morgan fingerprint density at radius 3 is 2.61 bits per heavy atom. The highest BCUT2D eigenvalue weighted by Crippen LogP contribution is 2.24. The molecular weight excluding hydrogens is 366 g/mol. The van der Waals surface area contributed by atoms with E-state index in [1.54, 1.807) is 6.20 Å². The lowest BCUT2D eigenvalue weighted by Gasteiger charge is -2.12. The van der Waals surface area contributed by atoms with Gasteiger partial charge in [0.2, 0.25) is 5.91 Å². The Morgan fingerprint density at radius 2 is 1.93 bits per heavy atom. The van der Waals surface area contributed by atoms with E-state index < -0.39 is 0 Å². The van der Waals surface area contributed by atoms with Crippen molar-refractivity contribution >= 4 is 23.4 Å². The number of thioether (sulfide) groups is 1. The van der Waals surface area contributed by atoms with E-state index in [1.165, 1.54) is 28.5 Å². The average Bonchev–Trinajstić information content (AvgIpc) is 3.14. The summed E-state index contributed by atoms with van der Waals surface area (Å²) in [6.07, 6.45) is 4.81. The summed E-state index contributed by atoms with van der Waals surface area (Å²) >= 11 is 1.44. The second-order valence-electron chi connectivity index (χ2n) is 7.14. The molecule has 0 aliphatic rings. The standard InChI is InChI=1S/C23H27N3OS/c1-5-17(3)19-7-9-20(10-8-19)25-22(27)15-28-23-24-12-13-26(23)21-11-6-16(2)14-18(21)4/h6-14,17H,5,15H2,1-4H3,(H,25,27)/t17-/m0/s1. The van der Waals surface area contributed by atoms with Gasteiger partial charge in [-0.15, -0.1) is 0 Å². The largest absolute Gasteiger partial charge is 0.325 e. The predicted molar refractivity (Wildman–Crippen MR) is 118 cm³/mol. The molecule has 1 N–H and O–H groups in total. The van der Waals surface area contributed by atoms with Crippen molar-refractivity contribution in [2.75, 3.05) is 11.1 Å². The van der Waals surface area contributed by atoms with Crippen molar-refractivity contribution in [2.24, 2.45) is 0 Å². The summed E-state index contributed by atoms with van der Waals surface area (Å²) in [4.78, 5) is 16.8. The smallest absolute Gasteiger partial charge is 0.234 e. The highest BCUT2D eigenvalue weighted by Gasteiger charge is 2.11. The molecule has 1 heterocycles. The molecule has 3 rings (SSSR count). The molecule has 146 valence electrons. The van der Waals surface area contributed by atoms with Gasteiger partial charge in [0.1, 0.15) is 0 Å². The number of nitrogens with zero attached hydrogens (tertiary/aromatic N) is 2. The molecule has 0 fully saturated rings. The van der Waals surface area contributed by atoms with Crippen LogP contribution in [0.3, 0.4) is 0 Å². The van der Waals surface area contributed by atoms with Crippen LogP contribution in [0, 0.1) is 13.8 Å². The summed E-state index contributed by atoms with van der Waals surface area (Å²) in [5.41, 5.74) is 5.63. The van der Waals surface area contributed by atoms with Crippen molar-refractivity contribution in [1.82, 2.24) is 9.55 Å². The van der Waals surface area contributed by atoms with E-state index in [-0.39, 0.29) is 5.91 Å². The molecule has 3 aromatic rings. The van der Waals surface area contributed by atoms with Gasteiger partial charge in [0.15, 0.2) is 5.16 Å². The Morgan fingerprint density at radius 1 is 1.18 bits per heavy atom. The molecule has 1 amide bonds. The number of hydrogen-bond acceptors (Lipinski definition) is 3. The molecule has 0 bridgehead atoms. The molecule has 5 heteroatoms. The lowest BCUT2D eigenvalue weighted by molar-refractivity contribution is -0.113. The third-order valence-electron chi connectivity index (χ3n) is 4.93. The van der Waals surface area contributed by atoms with E-state index in [0.29, 0.717) is 11.7 Å². The zero-order valence-corrected chi connectivity index (χ0v) is 17.7. The first-order valence-corrected chi connectivity index (χ1v) is 10.6. The van der Waals surface area contributed by atoms with Gasteiger partial charge in [0.25, 0.3) is 0 Å². The summed E-state index contributed by atoms with van der Waals surface area (Å²) in [5.74, 6) is 0.815. The van der Waals surface area contributed by atoms with Gasteiger partial charge in [-0.05, 0) is 55.5 Å². The summed E-state index contributed by atoms with van der Waals surface area (Å²) in [5, 5.41) is 3.78. The number of aromatic nitrogens is 2. The molecule has 0 radical (unpaired) electrons. The monoisotopic (exact) mass is 393 g/mol. The highest BCUT2D eigenvalue weighted by atomic mass is 32.2. The van der Waals surface area contributed by atoms with Gasteiger partial charge < -0.3 is 5.32 Å². The van der Waals surface area contributed by atoms with Crippen LogP contribution in [-0.4, -0.2) is 21.2 Å². The van der Waals surface area contributed by atoms with Crippen LogP contribution in [0.5, 0.6) is 0 Å². The van der Waals surface area contributed by atoms with Crippen LogP contribution in [0.25, 0.3) is 5.69 Å². The second-order valence-corrected chi connectivity index (χ2v) is 8.08. The number of benzene rings is 2. The van der Waals surface area contributed by atoms with E-state index in [9.17, 15) is 4.79 Å². The van der Waals surface area contributed by atoms with Gasteiger partial charge >= 0.3 is 0 Å². The fourth-order valence-electron chi connectivity index (χ4n) is 3.11. The SMILES string of the molecule is CC[C@H](C)c1ccc(NC(=O)CSc2nccn2-c2ccc(C)cc2C)cc1. The van der Waals surface area contributed by atoms with Crippen molar-refractivity contribution in [2.45, 2.75) is 45.2 Å². The van der Waals surface area contributed by atoms with Crippen LogP contribution in [-0.2, 0) is 4.79 Å². The van der Waals surface area contributed by atoms with Crippen molar-refractivity contribution in [3.8, 4) is 5.69 Å². The number of rotatable bonds is 7. The first kappa shape index (κ1) is 20.2. The number of amides is 1. The third-order valence-corrected chi connectivity index (χ3v) is 5.89. The molecule has 1 aromatic heterocycles. The van der Waals surface area contributed by atoms with Gasteiger partial charge in [-0.1, -0.05) is 55.4 Å². The van der Waals surface area contributed by atoms with E-state index >= 15 is 0 Å². The summed E-state index contributed by atoms with van der Waals surface area (Å²) in [6, 6.07) is 14.5. The molecule has 0 aliphatic carbocycles. The minimum Gasteiger partial charge on any atom is -0.325 e. The van der Waals surface area contributed by atoms with Crippen LogP contribution in [0.1, 0.15) is 42.9 Å². The summed E-state index contributed by atoms with van der Waals surface area (Å²) in [7, 11) is 0. The van der Waals surface area contributed by atoms with Gasteiger partial charge in [-0.25, -0.2) is 4.98 Å². The Labute approximate surface area is 171 Å². The van der Waals surface area contributed by atoms with E-state index in [2.05, 4.69) is 68.3 Å². The number of carbonyl (C=O) groups excluding carboxylic acids is 1. The highest BCUT2D eigenvalue weighted by molar-refractivity contribution is 7.99. The van der Waals surface area contributed by atoms with E-state index in [4.69, 9.17) is 0 Å². The number of anilines is 1. The Hall–Kier alpha value is -2.53. The van der Waals surface area contributed by atoms with Gasteiger partial charge in [-0.3, -0.25) is 9.36 Å². The maximum absolute atomic E-state index is 12.4. The number of carbonyl (C=O) groups is 1. The molecule has 0 aliphatic heterocycles. The van der Waals surface area contributed by atoms with Gasteiger partial charge in [-0.2, -0.15) is 0 Å². The van der Waals surface area contributed by atoms with Crippen LogP contribution in [0.4, 0.5) is 5.69 Å². The van der Waals surface area contributed by atoms with Crippen LogP contribution >= 0.6 is 11.8 Å². The van der Waals surface area contributed by atoms with E-state index in [0.717, 1.165) is 23.0 Å². The number of aryl methyl sites for hydroxylation is 2. The van der Waals surface area contributed by atoms with Crippen molar-refractivity contribution < 1.29 is 4.79 Å². The molecule has 4 nitrogen and oxygen atoms in total. The Bertz CT molecular complexity index is 947. The van der Waals surface area contributed by atoms with E-state index in [1.807, 2.05) is 22.9 Å². The topological polar surface area (TPSA) is 46.9 Å². The van der Waals surface area contributed by atoms with Crippen LogP contribution in [0.2, 0.25) is 0 Å². The zero-order chi connectivity index (χ0) is 20.1. The van der Waals surface area contributed by atoms with Gasteiger partial charge in [0, 0.05) is 18.1 Å². The fourth-order valence-corrected chi connectivity index (χ4v) is 3.88. The number of nitrogens with one attached hydrogen (secondary N) is 1. The van der Waals surface area contributed by atoms with Crippen molar-refractivity contribution in [1.29, 1.82) is 0 Å². The zero-order valence-electron chi connectivity index (χ0n) is 16.9. The molecule has 0 saturated carbocycles. The lowest BCUT2D eigenvalue weighted by Crippen LogP contribution is -2.14. The summed E-state index contributed by atoms with van der Waals surface area (Å²) < 4.78 is 2.04. The summed E-state index contributed by atoms with van der Waals surface area (Å²) in [6.45, 7) is 8.56.